The van der Waals surface area contributed by atoms with Crippen LogP contribution in [0.1, 0.15) is 55.2 Å². The van der Waals surface area contributed by atoms with Gasteiger partial charge in [0.05, 0.1) is 6.04 Å². The van der Waals surface area contributed by atoms with E-state index in [1.807, 2.05) is 77.1 Å². The Morgan fingerprint density at radius 2 is 1.75 bits per heavy atom. The first-order valence-corrected chi connectivity index (χ1v) is 11.7. The van der Waals surface area contributed by atoms with Crippen molar-refractivity contribution in [1.82, 2.24) is 10.2 Å². The van der Waals surface area contributed by atoms with Crippen LogP contribution in [0.15, 0.2) is 46.9 Å². The monoisotopic (exact) mass is 501 g/mol. The van der Waals surface area contributed by atoms with Gasteiger partial charge in [0.1, 0.15) is 5.60 Å². The fourth-order valence-corrected chi connectivity index (χ4v) is 4.08. The van der Waals surface area contributed by atoms with Gasteiger partial charge in [-0.05, 0) is 70.0 Å². The highest BCUT2D eigenvalue weighted by atomic mass is 79.9. The summed E-state index contributed by atoms with van der Waals surface area (Å²) in [5, 5.41) is 3.11. The number of carbonyl (C=O) groups excluding carboxylic acids is 2. The number of nitrogens with zero attached hydrogens (tertiary/aromatic N) is 2. The molecule has 2 aromatic carbocycles. The van der Waals surface area contributed by atoms with Crippen LogP contribution in [-0.4, -0.2) is 48.7 Å². The second kappa shape index (κ2) is 9.94. The first kappa shape index (κ1) is 24.1. The molecule has 2 aromatic rings. The minimum absolute atomic E-state index is 0.0933. The molecule has 0 radical (unpaired) electrons. The fraction of sp³-hybridized carbons (Fsp3) is 0.440. The second-order valence-electron chi connectivity index (χ2n) is 9.20. The summed E-state index contributed by atoms with van der Waals surface area (Å²) in [6, 6.07) is 13.8. The molecule has 7 heteroatoms. The zero-order valence-electron chi connectivity index (χ0n) is 19.4. The number of anilines is 1. The summed E-state index contributed by atoms with van der Waals surface area (Å²) in [5.74, 6) is -0.0933. The molecule has 0 bridgehead atoms. The van der Waals surface area contributed by atoms with Crippen LogP contribution in [0, 0.1) is 6.92 Å². The second-order valence-corrected chi connectivity index (χ2v) is 10.1. The number of hydrogen-bond acceptors (Lipinski definition) is 4. The molecule has 32 heavy (non-hydrogen) atoms. The Kier molecular flexibility index (Phi) is 7.49. The van der Waals surface area contributed by atoms with Crippen molar-refractivity contribution in [2.45, 2.75) is 46.3 Å². The molecule has 1 N–H and O–H groups in total. The minimum atomic E-state index is -0.500. The van der Waals surface area contributed by atoms with Gasteiger partial charge in [0.15, 0.2) is 0 Å². The van der Waals surface area contributed by atoms with Crippen molar-refractivity contribution in [1.29, 1.82) is 0 Å². The van der Waals surface area contributed by atoms with Crippen molar-refractivity contribution >= 4 is 33.6 Å². The molecule has 1 fully saturated rings. The normalized spacial score (nSPS) is 15.3. The maximum absolute atomic E-state index is 13.0. The van der Waals surface area contributed by atoms with E-state index in [9.17, 15) is 9.59 Å². The number of hydrogen-bond donors (Lipinski definition) is 1. The molecule has 0 unspecified atom stereocenters. The quantitative estimate of drug-likeness (QED) is 0.616. The van der Waals surface area contributed by atoms with Gasteiger partial charge in [-0.25, -0.2) is 4.79 Å². The number of aryl methyl sites for hydroxylation is 1. The Hall–Kier alpha value is -2.54. The maximum atomic E-state index is 13.0. The van der Waals surface area contributed by atoms with Gasteiger partial charge in [0.25, 0.3) is 5.91 Å². The average Bonchev–Trinajstić information content (AvgIpc) is 2.73. The summed E-state index contributed by atoms with van der Waals surface area (Å²) in [4.78, 5) is 29.3. The molecule has 6 nitrogen and oxygen atoms in total. The standard InChI is InChI=1S/C25H32BrN3O3/c1-17-9-10-21(28-11-13-29(14-12-28)24(31)32-25(3,4)5)16-22(17)23(30)27-18(2)19-7-6-8-20(26)15-19/h6-10,15-16,18H,11-14H2,1-5H3,(H,27,30)/t18-/m1/s1. The lowest BCUT2D eigenvalue weighted by molar-refractivity contribution is 0.0240. The molecule has 1 aliphatic heterocycles. The van der Waals surface area contributed by atoms with Gasteiger partial charge in [-0.3, -0.25) is 4.79 Å². The first-order chi connectivity index (χ1) is 15.0. The van der Waals surface area contributed by atoms with E-state index < -0.39 is 5.60 Å². The number of rotatable bonds is 4. The van der Waals surface area contributed by atoms with Crippen molar-refractivity contribution in [2.75, 3.05) is 31.1 Å². The van der Waals surface area contributed by atoms with E-state index in [0.717, 1.165) is 21.3 Å². The summed E-state index contributed by atoms with van der Waals surface area (Å²) in [6.45, 7) is 12.1. The van der Waals surface area contributed by atoms with Gasteiger partial charge < -0.3 is 19.9 Å². The van der Waals surface area contributed by atoms with Crippen LogP contribution >= 0.6 is 15.9 Å². The maximum Gasteiger partial charge on any atom is 0.410 e. The third-order valence-corrected chi connectivity index (χ3v) is 5.95. The topological polar surface area (TPSA) is 61.9 Å². The van der Waals surface area contributed by atoms with Crippen molar-refractivity contribution in [3.8, 4) is 0 Å². The van der Waals surface area contributed by atoms with Crippen LogP contribution in [0.3, 0.4) is 0 Å². The van der Waals surface area contributed by atoms with Gasteiger partial charge >= 0.3 is 6.09 Å². The summed E-state index contributed by atoms with van der Waals surface area (Å²) in [7, 11) is 0. The van der Waals surface area contributed by atoms with E-state index >= 15 is 0 Å². The third kappa shape index (κ3) is 6.25. The van der Waals surface area contributed by atoms with E-state index in [-0.39, 0.29) is 18.0 Å². The van der Waals surface area contributed by atoms with Crippen LogP contribution in [-0.2, 0) is 4.74 Å². The van der Waals surface area contributed by atoms with E-state index in [1.165, 1.54) is 0 Å². The first-order valence-electron chi connectivity index (χ1n) is 10.9. The Bertz CT molecular complexity index is 979. The van der Waals surface area contributed by atoms with Crippen molar-refractivity contribution in [3.63, 3.8) is 0 Å². The summed E-state index contributed by atoms with van der Waals surface area (Å²) in [5.41, 5.74) is 3.12. The Morgan fingerprint density at radius 3 is 2.38 bits per heavy atom. The average molecular weight is 502 g/mol. The summed E-state index contributed by atoms with van der Waals surface area (Å²) < 4.78 is 6.46. The number of carbonyl (C=O) groups is 2. The number of benzene rings is 2. The van der Waals surface area contributed by atoms with Crippen molar-refractivity contribution in [3.05, 3.63) is 63.6 Å². The van der Waals surface area contributed by atoms with Crippen LogP contribution in [0.2, 0.25) is 0 Å². The molecular formula is C25H32BrN3O3. The number of ether oxygens (including phenoxy) is 1. The molecule has 1 aliphatic rings. The van der Waals surface area contributed by atoms with Gasteiger partial charge in [-0.1, -0.05) is 34.1 Å². The van der Waals surface area contributed by atoms with Crippen molar-refractivity contribution in [2.24, 2.45) is 0 Å². The molecule has 1 saturated heterocycles. The van der Waals surface area contributed by atoms with Gasteiger partial charge in [0, 0.05) is 41.9 Å². The highest BCUT2D eigenvalue weighted by molar-refractivity contribution is 9.10. The lowest BCUT2D eigenvalue weighted by Crippen LogP contribution is -2.50. The van der Waals surface area contributed by atoms with Gasteiger partial charge in [-0.15, -0.1) is 0 Å². The zero-order chi connectivity index (χ0) is 23.5. The number of halogens is 1. The molecule has 3 rings (SSSR count). The molecule has 0 aliphatic carbocycles. The fourth-order valence-electron chi connectivity index (χ4n) is 3.66. The van der Waals surface area contributed by atoms with Crippen LogP contribution < -0.4 is 10.2 Å². The highest BCUT2D eigenvalue weighted by Gasteiger charge is 2.26. The predicted molar refractivity (Wildman–Crippen MR) is 131 cm³/mol. The number of piperazine rings is 1. The number of amides is 2. The molecule has 1 atom stereocenters. The smallest absolute Gasteiger partial charge is 0.410 e. The van der Waals surface area contributed by atoms with Crippen molar-refractivity contribution < 1.29 is 14.3 Å². The molecule has 0 saturated carbocycles. The zero-order valence-corrected chi connectivity index (χ0v) is 21.0. The van der Waals surface area contributed by atoms with Gasteiger partial charge in [-0.2, -0.15) is 0 Å². The lowest BCUT2D eigenvalue weighted by atomic mass is 10.0. The molecule has 1 heterocycles. The molecule has 2 amide bonds. The van der Waals surface area contributed by atoms with Gasteiger partial charge in [0.2, 0.25) is 0 Å². The van der Waals surface area contributed by atoms with E-state index in [0.29, 0.717) is 31.7 Å². The molecule has 0 spiro atoms. The predicted octanol–water partition coefficient (Wildman–Crippen LogP) is 5.31. The van der Waals surface area contributed by atoms with E-state index in [2.05, 4.69) is 26.1 Å². The molecule has 172 valence electrons. The summed E-state index contributed by atoms with van der Waals surface area (Å²) >= 11 is 3.48. The van der Waals surface area contributed by atoms with E-state index in [4.69, 9.17) is 4.74 Å². The Balaban J connectivity index is 1.66. The Morgan fingerprint density at radius 1 is 1.06 bits per heavy atom. The SMILES string of the molecule is Cc1ccc(N2CCN(C(=O)OC(C)(C)C)CC2)cc1C(=O)N[C@H](C)c1cccc(Br)c1. The Labute approximate surface area is 199 Å². The van der Waals surface area contributed by atoms with Crippen LogP contribution in [0.5, 0.6) is 0 Å². The number of nitrogens with one attached hydrogen (secondary N) is 1. The van der Waals surface area contributed by atoms with E-state index in [1.54, 1.807) is 4.90 Å². The minimum Gasteiger partial charge on any atom is -0.444 e. The van der Waals surface area contributed by atoms with Crippen LogP contribution in [0.4, 0.5) is 10.5 Å². The lowest BCUT2D eigenvalue weighted by Gasteiger charge is -2.37. The molecule has 0 aromatic heterocycles. The third-order valence-electron chi connectivity index (χ3n) is 5.46. The van der Waals surface area contributed by atoms with Crippen LogP contribution in [0.25, 0.3) is 0 Å². The molecular weight excluding hydrogens is 470 g/mol. The highest BCUT2D eigenvalue weighted by Crippen LogP contribution is 2.23. The summed E-state index contributed by atoms with van der Waals surface area (Å²) in [6.07, 6.45) is -0.275. The largest absolute Gasteiger partial charge is 0.444 e.